The predicted octanol–water partition coefficient (Wildman–Crippen LogP) is 1.72. The number of rotatable bonds is 4. The van der Waals surface area contributed by atoms with E-state index in [4.69, 9.17) is 5.11 Å². The first-order valence-electron chi connectivity index (χ1n) is 8.04. The summed E-state index contributed by atoms with van der Waals surface area (Å²) in [5.74, 6) is -0.987. The van der Waals surface area contributed by atoms with Crippen LogP contribution in [0.1, 0.15) is 17.5 Å². The summed E-state index contributed by atoms with van der Waals surface area (Å²) in [7, 11) is 0. The highest BCUT2D eigenvalue weighted by atomic mass is 16.4. The van der Waals surface area contributed by atoms with E-state index in [1.807, 2.05) is 36.1 Å². The summed E-state index contributed by atoms with van der Waals surface area (Å²) in [5, 5.41) is 18.9. The van der Waals surface area contributed by atoms with Gasteiger partial charge in [-0.3, -0.25) is 9.69 Å². The lowest BCUT2D eigenvalue weighted by atomic mass is 9.94. The lowest BCUT2D eigenvalue weighted by molar-refractivity contribution is -0.149. The second-order valence-electron chi connectivity index (χ2n) is 6.27. The van der Waals surface area contributed by atoms with E-state index in [2.05, 4.69) is 9.97 Å². The molecule has 1 saturated heterocycles. The van der Waals surface area contributed by atoms with E-state index >= 15 is 0 Å². The zero-order valence-electron chi connectivity index (χ0n) is 13.6. The van der Waals surface area contributed by atoms with Crippen LogP contribution in [-0.2, 0) is 11.3 Å². The van der Waals surface area contributed by atoms with Gasteiger partial charge in [-0.2, -0.15) is 0 Å². The van der Waals surface area contributed by atoms with Gasteiger partial charge in [-0.1, -0.05) is 24.3 Å². The molecule has 3 rings (SSSR count). The van der Waals surface area contributed by atoms with Gasteiger partial charge in [-0.25, -0.2) is 9.97 Å². The predicted molar refractivity (Wildman–Crippen MR) is 89.2 cm³/mol. The largest absolute Gasteiger partial charge is 0.481 e. The molecule has 2 atom stereocenters. The second kappa shape index (κ2) is 7.07. The van der Waals surface area contributed by atoms with Crippen LogP contribution in [0.2, 0.25) is 0 Å². The number of aliphatic hydroxyl groups is 1. The summed E-state index contributed by atoms with van der Waals surface area (Å²) >= 11 is 0. The molecule has 0 spiro atoms. The van der Waals surface area contributed by atoms with E-state index in [0.717, 1.165) is 16.7 Å². The Morgan fingerprint density at radius 3 is 2.67 bits per heavy atom. The number of hydrogen-bond acceptors (Lipinski definition) is 5. The Morgan fingerprint density at radius 2 is 2.00 bits per heavy atom. The van der Waals surface area contributed by atoms with Gasteiger partial charge in [0.15, 0.2) is 5.82 Å². The summed E-state index contributed by atoms with van der Waals surface area (Å²) in [4.78, 5) is 22.1. The van der Waals surface area contributed by atoms with Crippen molar-refractivity contribution in [3.63, 3.8) is 0 Å². The number of hydrogen-bond donors (Lipinski definition) is 2. The number of aliphatic carboxylic acids is 1. The van der Waals surface area contributed by atoms with Crippen LogP contribution < -0.4 is 0 Å². The summed E-state index contributed by atoms with van der Waals surface area (Å²) in [6.07, 6.45) is 3.28. The van der Waals surface area contributed by atoms with Crippen molar-refractivity contribution in [1.82, 2.24) is 14.9 Å². The molecule has 2 N–H and O–H groups in total. The number of benzene rings is 1. The minimum absolute atomic E-state index is 0.343. The van der Waals surface area contributed by atoms with Gasteiger partial charge in [0.2, 0.25) is 0 Å². The van der Waals surface area contributed by atoms with Crippen LogP contribution in [0.3, 0.4) is 0 Å². The van der Waals surface area contributed by atoms with Crippen molar-refractivity contribution >= 4 is 5.97 Å². The van der Waals surface area contributed by atoms with Gasteiger partial charge in [0.25, 0.3) is 0 Å². The van der Waals surface area contributed by atoms with Crippen molar-refractivity contribution in [2.45, 2.75) is 26.0 Å². The number of aliphatic hydroxyl groups excluding tert-OH is 1. The van der Waals surface area contributed by atoms with Crippen LogP contribution >= 0.6 is 0 Å². The average Bonchev–Trinajstić information content (AvgIpc) is 2.58. The van der Waals surface area contributed by atoms with Crippen LogP contribution in [-0.4, -0.2) is 50.2 Å². The lowest BCUT2D eigenvalue weighted by Crippen LogP contribution is -2.46. The van der Waals surface area contributed by atoms with E-state index in [-0.39, 0.29) is 0 Å². The number of nitrogens with zero attached hydrogens (tertiary/aromatic N) is 3. The third-order valence-corrected chi connectivity index (χ3v) is 4.48. The van der Waals surface area contributed by atoms with Gasteiger partial charge in [0.05, 0.1) is 12.0 Å². The standard InChI is InChI=1S/C18H21N3O3/c1-12-4-2-3-5-14(12)17-19-8-13(9-20-17)10-21-7-6-16(22)15(11-21)18(23)24/h2-5,8-9,15-16,22H,6-7,10-11H2,1H3,(H,23,24)/t15-,16-/m1/s1. The monoisotopic (exact) mass is 327 g/mol. The Bertz CT molecular complexity index is 718. The smallest absolute Gasteiger partial charge is 0.310 e. The quantitative estimate of drug-likeness (QED) is 0.889. The normalized spacial score (nSPS) is 21.6. The lowest BCUT2D eigenvalue weighted by Gasteiger charge is -2.33. The molecule has 1 aliphatic rings. The molecular formula is C18H21N3O3. The molecule has 1 fully saturated rings. The maximum absolute atomic E-state index is 11.2. The number of carboxylic acids is 1. The SMILES string of the molecule is Cc1ccccc1-c1ncc(CN2CC[C@@H](O)[C@H](C(=O)O)C2)cn1. The van der Waals surface area contributed by atoms with E-state index in [0.29, 0.717) is 31.9 Å². The fourth-order valence-electron chi connectivity index (χ4n) is 3.05. The van der Waals surface area contributed by atoms with Crippen molar-refractivity contribution < 1.29 is 15.0 Å². The maximum atomic E-state index is 11.2. The molecule has 0 amide bonds. The van der Waals surface area contributed by atoms with E-state index < -0.39 is 18.0 Å². The summed E-state index contributed by atoms with van der Waals surface area (Å²) < 4.78 is 0. The van der Waals surface area contributed by atoms with Crippen LogP contribution in [0.25, 0.3) is 11.4 Å². The molecule has 2 heterocycles. The molecule has 126 valence electrons. The number of carbonyl (C=O) groups is 1. The molecule has 0 unspecified atom stereocenters. The molecule has 1 aromatic heterocycles. The third-order valence-electron chi connectivity index (χ3n) is 4.48. The highest BCUT2D eigenvalue weighted by molar-refractivity contribution is 5.71. The fraction of sp³-hybridized carbons (Fsp3) is 0.389. The first kappa shape index (κ1) is 16.5. The van der Waals surface area contributed by atoms with Crippen LogP contribution in [0.5, 0.6) is 0 Å². The minimum atomic E-state index is -0.946. The zero-order chi connectivity index (χ0) is 17.1. The van der Waals surface area contributed by atoms with Gasteiger partial charge < -0.3 is 10.2 Å². The van der Waals surface area contributed by atoms with Gasteiger partial charge in [-0.05, 0) is 18.9 Å². The summed E-state index contributed by atoms with van der Waals surface area (Å²) in [6, 6.07) is 7.97. The highest BCUT2D eigenvalue weighted by Crippen LogP contribution is 2.21. The average molecular weight is 327 g/mol. The first-order chi connectivity index (χ1) is 11.5. The Morgan fingerprint density at radius 1 is 1.29 bits per heavy atom. The molecule has 0 bridgehead atoms. The Labute approximate surface area is 140 Å². The minimum Gasteiger partial charge on any atom is -0.481 e. The molecule has 24 heavy (non-hydrogen) atoms. The van der Waals surface area contributed by atoms with E-state index in [1.165, 1.54) is 0 Å². The van der Waals surface area contributed by atoms with Crippen molar-refractivity contribution in [3.8, 4) is 11.4 Å². The van der Waals surface area contributed by atoms with E-state index in [1.54, 1.807) is 12.4 Å². The number of carboxylic acid groups (broad SMARTS) is 1. The second-order valence-corrected chi connectivity index (χ2v) is 6.27. The third kappa shape index (κ3) is 3.60. The molecule has 1 aliphatic heterocycles. The van der Waals surface area contributed by atoms with Crippen molar-refractivity contribution in [1.29, 1.82) is 0 Å². The molecule has 1 aromatic carbocycles. The highest BCUT2D eigenvalue weighted by Gasteiger charge is 2.32. The topological polar surface area (TPSA) is 86.5 Å². The van der Waals surface area contributed by atoms with Crippen molar-refractivity contribution in [3.05, 3.63) is 47.8 Å². The van der Waals surface area contributed by atoms with Gasteiger partial charge in [0.1, 0.15) is 0 Å². The zero-order valence-corrected chi connectivity index (χ0v) is 13.6. The number of piperidine rings is 1. The van der Waals surface area contributed by atoms with Gasteiger partial charge in [-0.15, -0.1) is 0 Å². The molecule has 0 radical (unpaired) electrons. The van der Waals surface area contributed by atoms with Crippen molar-refractivity contribution in [2.75, 3.05) is 13.1 Å². The first-order valence-corrected chi connectivity index (χ1v) is 8.04. The van der Waals surface area contributed by atoms with Gasteiger partial charge >= 0.3 is 5.97 Å². The van der Waals surface area contributed by atoms with Gasteiger partial charge in [0, 0.05) is 43.2 Å². The Balaban J connectivity index is 1.69. The van der Waals surface area contributed by atoms with Crippen LogP contribution in [0.4, 0.5) is 0 Å². The van der Waals surface area contributed by atoms with E-state index in [9.17, 15) is 9.90 Å². The molecular weight excluding hydrogens is 306 g/mol. The fourth-order valence-corrected chi connectivity index (χ4v) is 3.05. The Kier molecular flexibility index (Phi) is 4.87. The molecule has 2 aromatic rings. The number of aryl methyl sites for hydroxylation is 1. The number of likely N-dealkylation sites (tertiary alicyclic amines) is 1. The summed E-state index contributed by atoms with van der Waals surface area (Å²) in [6.45, 7) is 3.63. The molecule has 6 nitrogen and oxygen atoms in total. The van der Waals surface area contributed by atoms with Crippen molar-refractivity contribution in [2.24, 2.45) is 5.92 Å². The van der Waals surface area contributed by atoms with Crippen LogP contribution in [0, 0.1) is 12.8 Å². The Hall–Kier alpha value is -2.31. The van der Waals surface area contributed by atoms with Crippen LogP contribution in [0.15, 0.2) is 36.7 Å². The molecule has 0 saturated carbocycles. The summed E-state index contributed by atoms with van der Waals surface area (Å²) in [5.41, 5.74) is 3.07. The maximum Gasteiger partial charge on any atom is 0.310 e. The molecule has 0 aliphatic carbocycles. The number of aromatic nitrogens is 2. The molecule has 6 heteroatoms.